The summed E-state index contributed by atoms with van der Waals surface area (Å²) in [6.07, 6.45) is 2.18. The third-order valence-corrected chi connectivity index (χ3v) is 1.51. The van der Waals surface area contributed by atoms with E-state index in [1.807, 2.05) is 0 Å². The molecule has 4 N–H and O–H groups in total. The molecule has 0 saturated carbocycles. The van der Waals surface area contributed by atoms with Crippen molar-refractivity contribution < 1.29 is 14.7 Å². The zero-order valence-electron chi connectivity index (χ0n) is 7.25. The minimum absolute atomic E-state index is 0.542. The fourth-order valence-electron chi connectivity index (χ4n) is 0.868. The van der Waals surface area contributed by atoms with Crippen LogP contribution in [0.1, 0.15) is 19.3 Å². The first kappa shape index (κ1) is 11.4. The van der Waals surface area contributed by atoms with Crippen molar-refractivity contribution in [3.63, 3.8) is 0 Å². The third kappa shape index (κ3) is 5.06. The van der Waals surface area contributed by atoms with Crippen molar-refractivity contribution in [2.75, 3.05) is 13.7 Å². The Morgan fingerprint density at radius 3 is 2.75 bits per heavy atom. The van der Waals surface area contributed by atoms with E-state index in [1.54, 1.807) is 0 Å². The number of hydrogen-bond donors (Lipinski definition) is 3. The molecular formula is C7H16N2O3. The van der Waals surface area contributed by atoms with Crippen LogP contribution in [0.2, 0.25) is 0 Å². The molecule has 0 heterocycles. The number of nitrogens with two attached hydrogens (primary N) is 1. The zero-order valence-corrected chi connectivity index (χ0v) is 7.25. The van der Waals surface area contributed by atoms with E-state index in [2.05, 4.69) is 10.3 Å². The quantitative estimate of drug-likeness (QED) is 0.367. The molecule has 0 saturated heterocycles. The summed E-state index contributed by atoms with van der Waals surface area (Å²) in [6, 6.07) is -0.624. The monoisotopic (exact) mass is 176 g/mol. The number of carboxylic acid groups (broad SMARTS) is 1. The molecule has 0 aliphatic heterocycles. The van der Waals surface area contributed by atoms with Crippen LogP contribution in [0.3, 0.4) is 0 Å². The van der Waals surface area contributed by atoms with Crippen LogP contribution in [-0.4, -0.2) is 30.8 Å². The molecule has 0 aromatic rings. The number of unbranched alkanes of at least 4 members (excludes halogenated alkanes) is 1. The number of nitrogens with one attached hydrogen (secondary N) is 1. The second kappa shape index (κ2) is 7.02. The molecule has 5 nitrogen and oxygen atoms in total. The van der Waals surface area contributed by atoms with E-state index < -0.39 is 12.0 Å². The number of carbonyl (C=O) groups is 1. The highest BCUT2D eigenvalue weighted by Gasteiger charge is 2.15. The molecule has 0 bridgehead atoms. The minimum atomic E-state index is -0.895. The Balaban J connectivity index is 3.56. The largest absolute Gasteiger partial charge is 0.480 e. The molecule has 5 heteroatoms. The van der Waals surface area contributed by atoms with E-state index in [1.165, 1.54) is 7.11 Å². The predicted octanol–water partition coefficient (Wildman–Crippen LogP) is -0.280. The maximum absolute atomic E-state index is 10.5. The van der Waals surface area contributed by atoms with E-state index in [4.69, 9.17) is 10.8 Å². The van der Waals surface area contributed by atoms with Gasteiger partial charge in [-0.15, -0.1) is 0 Å². The predicted molar refractivity (Wildman–Crippen MR) is 44.5 cm³/mol. The van der Waals surface area contributed by atoms with Gasteiger partial charge in [-0.3, -0.25) is 4.79 Å². The highest BCUT2D eigenvalue weighted by molar-refractivity contribution is 5.73. The Bertz CT molecular complexity index is 130. The zero-order chi connectivity index (χ0) is 9.40. The van der Waals surface area contributed by atoms with Crippen molar-refractivity contribution in [1.29, 1.82) is 0 Å². The Morgan fingerprint density at radius 2 is 2.33 bits per heavy atom. The normalized spacial score (nSPS) is 12.8. The highest BCUT2D eigenvalue weighted by atomic mass is 16.6. The summed E-state index contributed by atoms with van der Waals surface area (Å²) in [6.45, 7) is 0.597. The summed E-state index contributed by atoms with van der Waals surface area (Å²) < 4.78 is 0. The summed E-state index contributed by atoms with van der Waals surface area (Å²) >= 11 is 0. The lowest BCUT2D eigenvalue weighted by atomic mass is 10.1. The molecule has 12 heavy (non-hydrogen) atoms. The van der Waals surface area contributed by atoms with Crippen LogP contribution < -0.4 is 11.2 Å². The van der Waals surface area contributed by atoms with Crippen LogP contribution in [0.4, 0.5) is 0 Å². The van der Waals surface area contributed by atoms with Crippen LogP contribution in [0.5, 0.6) is 0 Å². The molecule has 0 unspecified atom stereocenters. The lowest BCUT2D eigenvalue weighted by Crippen LogP contribution is -2.35. The molecule has 0 amide bonds. The average Bonchev–Trinajstić information content (AvgIpc) is 2.03. The van der Waals surface area contributed by atoms with Gasteiger partial charge in [0.05, 0.1) is 7.11 Å². The van der Waals surface area contributed by atoms with Crippen LogP contribution in [-0.2, 0) is 9.63 Å². The number of aliphatic carboxylic acids is 1. The third-order valence-electron chi connectivity index (χ3n) is 1.51. The smallest absolute Gasteiger partial charge is 0.323 e. The molecule has 0 aliphatic rings. The van der Waals surface area contributed by atoms with Crippen molar-refractivity contribution in [3.8, 4) is 0 Å². The number of carboxylic acids is 1. The van der Waals surface area contributed by atoms with Gasteiger partial charge < -0.3 is 15.7 Å². The maximum atomic E-state index is 10.5. The molecule has 1 atom stereocenters. The summed E-state index contributed by atoms with van der Waals surface area (Å²) in [5.41, 5.74) is 7.67. The van der Waals surface area contributed by atoms with Gasteiger partial charge in [0.2, 0.25) is 0 Å². The van der Waals surface area contributed by atoms with Gasteiger partial charge >= 0.3 is 5.97 Å². The van der Waals surface area contributed by atoms with Crippen molar-refractivity contribution in [2.24, 2.45) is 5.73 Å². The first-order valence-electron chi connectivity index (χ1n) is 3.93. The first-order valence-corrected chi connectivity index (χ1v) is 3.93. The Kier molecular flexibility index (Phi) is 6.64. The van der Waals surface area contributed by atoms with Gasteiger partial charge in [0.25, 0.3) is 0 Å². The fourth-order valence-corrected chi connectivity index (χ4v) is 0.868. The highest BCUT2D eigenvalue weighted by Crippen LogP contribution is 2.00. The van der Waals surface area contributed by atoms with Gasteiger partial charge in [0.15, 0.2) is 0 Å². The number of rotatable bonds is 7. The van der Waals surface area contributed by atoms with Gasteiger partial charge in [-0.2, -0.15) is 5.48 Å². The fraction of sp³-hybridized carbons (Fsp3) is 0.857. The summed E-state index contributed by atoms with van der Waals surface area (Å²) in [5.74, 6) is -0.895. The molecule has 0 fully saturated rings. The Labute approximate surface area is 71.8 Å². The van der Waals surface area contributed by atoms with Gasteiger partial charge in [-0.25, -0.2) is 0 Å². The lowest BCUT2D eigenvalue weighted by molar-refractivity contribution is -0.143. The molecule has 0 aliphatic carbocycles. The Hall–Kier alpha value is -0.650. The molecule has 72 valence electrons. The minimum Gasteiger partial charge on any atom is -0.480 e. The number of hydroxylamine groups is 1. The van der Waals surface area contributed by atoms with Gasteiger partial charge in [0, 0.05) is 0 Å². The second-order valence-corrected chi connectivity index (χ2v) is 2.50. The van der Waals surface area contributed by atoms with E-state index in [0.717, 1.165) is 12.8 Å². The van der Waals surface area contributed by atoms with Crippen LogP contribution >= 0.6 is 0 Å². The molecule has 0 aromatic carbocycles. The van der Waals surface area contributed by atoms with Gasteiger partial charge in [-0.05, 0) is 25.8 Å². The van der Waals surface area contributed by atoms with Crippen molar-refractivity contribution in [1.82, 2.24) is 5.48 Å². The molecule has 0 rings (SSSR count). The SMILES string of the molecule is CON[C@@H](CCCCN)C(=O)O. The van der Waals surface area contributed by atoms with Gasteiger partial charge in [0.1, 0.15) is 6.04 Å². The maximum Gasteiger partial charge on any atom is 0.323 e. The van der Waals surface area contributed by atoms with Crippen LogP contribution in [0, 0.1) is 0 Å². The van der Waals surface area contributed by atoms with Crippen molar-refractivity contribution in [3.05, 3.63) is 0 Å². The van der Waals surface area contributed by atoms with Crippen LogP contribution in [0.15, 0.2) is 0 Å². The average molecular weight is 176 g/mol. The van der Waals surface area contributed by atoms with E-state index in [0.29, 0.717) is 13.0 Å². The topological polar surface area (TPSA) is 84.6 Å². The first-order chi connectivity index (χ1) is 5.72. The molecular weight excluding hydrogens is 160 g/mol. The van der Waals surface area contributed by atoms with Crippen molar-refractivity contribution >= 4 is 5.97 Å². The van der Waals surface area contributed by atoms with Crippen LogP contribution in [0.25, 0.3) is 0 Å². The second-order valence-electron chi connectivity index (χ2n) is 2.50. The summed E-state index contributed by atoms with van der Waals surface area (Å²) in [7, 11) is 1.40. The molecule has 0 spiro atoms. The van der Waals surface area contributed by atoms with Crippen molar-refractivity contribution in [2.45, 2.75) is 25.3 Å². The standard InChI is InChI=1S/C7H16N2O3/c1-12-9-6(7(10)11)4-2-3-5-8/h6,9H,2-5,8H2,1H3,(H,10,11)/t6-/m0/s1. The molecule has 0 radical (unpaired) electrons. The summed E-state index contributed by atoms with van der Waals surface area (Å²) in [4.78, 5) is 15.0. The Morgan fingerprint density at radius 1 is 1.67 bits per heavy atom. The van der Waals surface area contributed by atoms with E-state index in [-0.39, 0.29) is 0 Å². The lowest BCUT2D eigenvalue weighted by Gasteiger charge is -2.11. The van der Waals surface area contributed by atoms with Gasteiger partial charge in [-0.1, -0.05) is 0 Å². The van der Waals surface area contributed by atoms with E-state index in [9.17, 15) is 4.79 Å². The summed E-state index contributed by atoms with van der Waals surface area (Å²) in [5, 5.41) is 8.63. The van der Waals surface area contributed by atoms with E-state index >= 15 is 0 Å². The number of hydrogen-bond acceptors (Lipinski definition) is 4. The molecule has 0 aromatic heterocycles.